The Bertz CT molecular complexity index is 978. The monoisotopic (exact) mass is 429 g/mol. The predicted octanol–water partition coefficient (Wildman–Crippen LogP) is 1.96. The Morgan fingerprint density at radius 2 is 1.80 bits per heavy atom. The van der Waals surface area contributed by atoms with Crippen LogP contribution < -0.4 is 25.4 Å². The van der Waals surface area contributed by atoms with Crippen molar-refractivity contribution in [2.75, 3.05) is 39.0 Å². The maximum atomic E-state index is 12.1. The van der Waals surface area contributed by atoms with Gasteiger partial charge in [-0.2, -0.15) is 0 Å². The summed E-state index contributed by atoms with van der Waals surface area (Å²) >= 11 is 1.21. The highest BCUT2D eigenvalue weighted by Crippen LogP contribution is 2.25. The van der Waals surface area contributed by atoms with Gasteiger partial charge in [-0.3, -0.25) is 4.79 Å². The lowest BCUT2D eigenvalue weighted by molar-refractivity contribution is -0.118. The molecule has 9 nitrogen and oxygen atoms in total. The molecule has 0 aliphatic rings. The molecule has 1 aromatic heterocycles. The number of benzene rings is 2. The molecule has 2 aromatic carbocycles. The van der Waals surface area contributed by atoms with Crippen molar-refractivity contribution in [2.24, 2.45) is 0 Å². The third kappa shape index (κ3) is 5.35. The van der Waals surface area contributed by atoms with Gasteiger partial charge >= 0.3 is 0 Å². The van der Waals surface area contributed by atoms with Crippen LogP contribution in [0, 0.1) is 0 Å². The normalized spacial score (nSPS) is 10.5. The average molecular weight is 430 g/mol. The maximum absolute atomic E-state index is 12.1. The smallest absolute Gasteiger partial charge is 0.230 e. The van der Waals surface area contributed by atoms with Crippen LogP contribution in [0.25, 0.3) is 11.4 Å². The maximum Gasteiger partial charge on any atom is 0.230 e. The lowest BCUT2D eigenvalue weighted by atomic mass is 10.2. The molecule has 3 N–H and O–H groups in total. The number of nitrogen functional groups attached to an aromatic ring is 1. The van der Waals surface area contributed by atoms with Gasteiger partial charge in [-0.15, -0.1) is 10.2 Å². The van der Waals surface area contributed by atoms with Crippen LogP contribution in [0.2, 0.25) is 0 Å². The molecule has 0 unspecified atom stereocenters. The van der Waals surface area contributed by atoms with Gasteiger partial charge < -0.3 is 25.4 Å². The number of para-hydroxylation sites is 2. The Labute approximate surface area is 178 Å². The number of nitrogens with zero attached hydrogens (tertiary/aromatic N) is 3. The molecule has 1 amide bonds. The van der Waals surface area contributed by atoms with Crippen LogP contribution in [0.1, 0.15) is 0 Å². The lowest BCUT2D eigenvalue weighted by Gasteiger charge is -2.10. The number of nitrogens with two attached hydrogens (primary N) is 1. The largest absolute Gasteiger partial charge is 0.497 e. The van der Waals surface area contributed by atoms with E-state index in [1.807, 2.05) is 48.5 Å². The Morgan fingerprint density at radius 1 is 1.07 bits per heavy atom. The van der Waals surface area contributed by atoms with Gasteiger partial charge in [0, 0.05) is 5.56 Å². The van der Waals surface area contributed by atoms with E-state index in [9.17, 15) is 4.79 Å². The van der Waals surface area contributed by atoms with Gasteiger partial charge in [0.15, 0.2) is 17.3 Å². The first-order valence-electron chi connectivity index (χ1n) is 9.12. The molecule has 0 saturated carbocycles. The van der Waals surface area contributed by atoms with Crippen molar-refractivity contribution >= 4 is 17.7 Å². The Kier molecular flexibility index (Phi) is 7.39. The van der Waals surface area contributed by atoms with E-state index in [2.05, 4.69) is 15.5 Å². The number of carbonyl (C=O) groups excluding carboxylic acids is 1. The summed E-state index contributed by atoms with van der Waals surface area (Å²) in [5.41, 5.74) is 0.801. The quantitative estimate of drug-likeness (QED) is 0.286. The van der Waals surface area contributed by atoms with Crippen molar-refractivity contribution in [1.29, 1.82) is 0 Å². The minimum atomic E-state index is -0.155. The van der Waals surface area contributed by atoms with E-state index in [0.717, 1.165) is 11.3 Å². The van der Waals surface area contributed by atoms with E-state index in [0.29, 0.717) is 35.6 Å². The molecule has 0 aliphatic heterocycles. The molecular formula is C20H23N5O4S. The zero-order valence-corrected chi connectivity index (χ0v) is 17.5. The highest BCUT2D eigenvalue weighted by atomic mass is 32.2. The van der Waals surface area contributed by atoms with Crippen LogP contribution in [-0.4, -0.2) is 53.9 Å². The number of amides is 1. The molecule has 0 fully saturated rings. The van der Waals surface area contributed by atoms with Gasteiger partial charge in [0.2, 0.25) is 11.1 Å². The minimum absolute atomic E-state index is 0.155. The number of rotatable bonds is 10. The van der Waals surface area contributed by atoms with Crippen molar-refractivity contribution in [3.8, 4) is 28.6 Å². The molecule has 10 heteroatoms. The van der Waals surface area contributed by atoms with Crippen LogP contribution in [0.4, 0.5) is 0 Å². The predicted molar refractivity (Wildman–Crippen MR) is 114 cm³/mol. The van der Waals surface area contributed by atoms with E-state index in [-0.39, 0.29) is 11.7 Å². The topological polar surface area (TPSA) is 114 Å². The molecule has 0 spiro atoms. The van der Waals surface area contributed by atoms with Gasteiger partial charge in [0.1, 0.15) is 12.4 Å². The summed E-state index contributed by atoms with van der Waals surface area (Å²) in [6.07, 6.45) is 0. The molecule has 0 radical (unpaired) electrons. The van der Waals surface area contributed by atoms with Crippen LogP contribution in [-0.2, 0) is 4.79 Å². The molecule has 0 bridgehead atoms. The average Bonchev–Trinajstić information content (AvgIpc) is 3.15. The standard InChI is InChI=1S/C20H23N5O4S/c1-27-15-9-7-14(8-10-15)19-23-24-20(25(19)21)30-13-18(26)22-11-12-29-17-6-4-3-5-16(17)28-2/h3-10H,11-13,21H2,1-2H3,(H,22,26). The molecule has 0 aliphatic carbocycles. The molecule has 0 saturated heterocycles. The molecular weight excluding hydrogens is 406 g/mol. The van der Waals surface area contributed by atoms with E-state index >= 15 is 0 Å². The second-order valence-electron chi connectivity index (χ2n) is 6.04. The first kappa shape index (κ1) is 21.3. The molecule has 3 rings (SSSR count). The number of hydrogen-bond acceptors (Lipinski definition) is 8. The van der Waals surface area contributed by atoms with Crippen LogP contribution in [0.3, 0.4) is 0 Å². The number of ether oxygens (including phenoxy) is 3. The minimum Gasteiger partial charge on any atom is -0.497 e. The lowest BCUT2D eigenvalue weighted by Crippen LogP contribution is -2.29. The van der Waals surface area contributed by atoms with Crippen molar-refractivity contribution < 1.29 is 19.0 Å². The molecule has 158 valence electrons. The third-order valence-corrected chi connectivity index (χ3v) is 5.04. The van der Waals surface area contributed by atoms with E-state index < -0.39 is 0 Å². The summed E-state index contributed by atoms with van der Waals surface area (Å²) in [5, 5.41) is 11.4. The zero-order chi connectivity index (χ0) is 21.3. The van der Waals surface area contributed by atoms with Gasteiger partial charge in [0.05, 0.1) is 26.5 Å². The highest BCUT2D eigenvalue weighted by Gasteiger charge is 2.14. The molecule has 30 heavy (non-hydrogen) atoms. The van der Waals surface area contributed by atoms with Crippen molar-refractivity contribution in [3.63, 3.8) is 0 Å². The van der Waals surface area contributed by atoms with Crippen LogP contribution in [0.15, 0.2) is 53.7 Å². The number of thioether (sulfide) groups is 1. The summed E-state index contributed by atoms with van der Waals surface area (Å²) in [6.45, 7) is 0.690. The van der Waals surface area contributed by atoms with Gasteiger partial charge in [-0.1, -0.05) is 23.9 Å². The fourth-order valence-electron chi connectivity index (χ4n) is 2.58. The van der Waals surface area contributed by atoms with E-state index in [1.165, 1.54) is 16.4 Å². The summed E-state index contributed by atoms with van der Waals surface area (Å²) < 4.78 is 17.4. The SMILES string of the molecule is COc1ccc(-c2nnc(SCC(=O)NCCOc3ccccc3OC)n2N)cc1. The van der Waals surface area contributed by atoms with Crippen LogP contribution >= 0.6 is 11.8 Å². The van der Waals surface area contributed by atoms with Crippen molar-refractivity contribution in [2.45, 2.75) is 5.16 Å². The summed E-state index contributed by atoms with van der Waals surface area (Å²) in [7, 11) is 3.18. The van der Waals surface area contributed by atoms with E-state index in [4.69, 9.17) is 20.1 Å². The fourth-order valence-corrected chi connectivity index (χ4v) is 3.27. The van der Waals surface area contributed by atoms with Gasteiger partial charge in [0.25, 0.3) is 0 Å². The number of methoxy groups -OCH3 is 2. The summed E-state index contributed by atoms with van der Waals surface area (Å²) in [5.74, 6) is 8.61. The first-order chi connectivity index (χ1) is 14.6. The van der Waals surface area contributed by atoms with Crippen LogP contribution in [0.5, 0.6) is 17.2 Å². The molecule has 1 heterocycles. The molecule has 3 aromatic rings. The summed E-state index contributed by atoms with van der Waals surface area (Å²) in [6, 6.07) is 14.7. The van der Waals surface area contributed by atoms with E-state index in [1.54, 1.807) is 14.2 Å². The zero-order valence-electron chi connectivity index (χ0n) is 16.7. The Morgan fingerprint density at radius 3 is 2.50 bits per heavy atom. The third-order valence-electron chi connectivity index (χ3n) is 4.10. The van der Waals surface area contributed by atoms with Crippen molar-refractivity contribution in [3.05, 3.63) is 48.5 Å². The number of nitrogens with one attached hydrogen (secondary N) is 1. The highest BCUT2D eigenvalue weighted by molar-refractivity contribution is 7.99. The number of carbonyl (C=O) groups is 1. The second-order valence-corrected chi connectivity index (χ2v) is 6.99. The summed E-state index contributed by atoms with van der Waals surface area (Å²) in [4.78, 5) is 12.1. The van der Waals surface area contributed by atoms with Gasteiger partial charge in [-0.05, 0) is 36.4 Å². The first-order valence-corrected chi connectivity index (χ1v) is 10.1. The number of hydrogen-bond donors (Lipinski definition) is 2. The van der Waals surface area contributed by atoms with Crippen molar-refractivity contribution in [1.82, 2.24) is 20.2 Å². The molecule has 0 atom stereocenters. The second kappa shape index (κ2) is 10.4. The van der Waals surface area contributed by atoms with Gasteiger partial charge in [-0.25, -0.2) is 4.68 Å². The Balaban J connectivity index is 1.45. The number of aromatic nitrogens is 3. The fraction of sp³-hybridized carbons (Fsp3) is 0.250. The Hall–Kier alpha value is -3.40.